The van der Waals surface area contributed by atoms with Crippen molar-refractivity contribution >= 4 is 27.3 Å². The predicted molar refractivity (Wildman–Crippen MR) is 123 cm³/mol. The van der Waals surface area contributed by atoms with E-state index in [9.17, 15) is 35.2 Å². The van der Waals surface area contributed by atoms with Gasteiger partial charge >= 0.3 is 6.18 Å². The summed E-state index contributed by atoms with van der Waals surface area (Å²) < 4.78 is 93.9. The van der Waals surface area contributed by atoms with E-state index in [1.165, 1.54) is 18.2 Å². The fourth-order valence-electron chi connectivity index (χ4n) is 3.80. The molecule has 1 aliphatic heterocycles. The maximum atomic E-state index is 14.6. The van der Waals surface area contributed by atoms with E-state index in [4.69, 9.17) is 0 Å². The molecule has 4 rings (SSSR count). The molecule has 1 saturated heterocycles. The summed E-state index contributed by atoms with van der Waals surface area (Å²) in [5, 5.41) is 2.27. The molecular formula is C24H20F5N3O3S. The minimum Gasteiger partial charge on any atom is -0.369 e. The summed E-state index contributed by atoms with van der Waals surface area (Å²) in [5.41, 5.74) is -0.645. The first-order valence-electron chi connectivity index (χ1n) is 10.7. The molecule has 1 fully saturated rings. The van der Waals surface area contributed by atoms with Gasteiger partial charge in [0.15, 0.2) is 0 Å². The van der Waals surface area contributed by atoms with E-state index in [0.717, 1.165) is 40.7 Å². The number of carbonyl (C=O) groups is 1. The van der Waals surface area contributed by atoms with Crippen LogP contribution in [0.5, 0.6) is 0 Å². The number of nitrogens with one attached hydrogen (secondary N) is 1. The Bertz CT molecular complexity index is 1370. The van der Waals surface area contributed by atoms with Gasteiger partial charge in [-0.25, -0.2) is 17.2 Å². The third-order valence-electron chi connectivity index (χ3n) is 5.69. The van der Waals surface area contributed by atoms with Gasteiger partial charge in [-0.3, -0.25) is 4.79 Å². The number of hydrogen-bond donors (Lipinski definition) is 1. The Kier molecular flexibility index (Phi) is 7.01. The summed E-state index contributed by atoms with van der Waals surface area (Å²) in [6.07, 6.45) is -4.61. The molecule has 0 radical (unpaired) electrons. The van der Waals surface area contributed by atoms with Crippen LogP contribution in [0.4, 0.5) is 33.3 Å². The molecule has 0 aliphatic carbocycles. The average molecular weight is 525 g/mol. The molecule has 0 unspecified atom stereocenters. The number of rotatable bonds is 5. The highest BCUT2D eigenvalue weighted by molar-refractivity contribution is 7.89. The summed E-state index contributed by atoms with van der Waals surface area (Å²) >= 11 is 0. The molecule has 0 bridgehead atoms. The van der Waals surface area contributed by atoms with E-state index in [0.29, 0.717) is 5.69 Å². The van der Waals surface area contributed by atoms with Crippen LogP contribution in [0.15, 0.2) is 71.6 Å². The van der Waals surface area contributed by atoms with E-state index in [1.807, 2.05) is 4.90 Å². The predicted octanol–water partition coefficient (Wildman–Crippen LogP) is 4.75. The van der Waals surface area contributed by atoms with Crippen LogP contribution in [0, 0.1) is 11.6 Å². The van der Waals surface area contributed by atoms with E-state index in [-0.39, 0.29) is 37.4 Å². The lowest BCUT2D eigenvalue weighted by Gasteiger charge is -2.35. The van der Waals surface area contributed by atoms with Crippen LogP contribution < -0.4 is 10.2 Å². The molecule has 190 valence electrons. The lowest BCUT2D eigenvalue weighted by Crippen LogP contribution is -2.48. The van der Waals surface area contributed by atoms with Crippen LogP contribution >= 0.6 is 0 Å². The molecule has 1 aliphatic rings. The van der Waals surface area contributed by atoms with E-state index in [1.54, 1.807) is 12.1 Å². The Morgan fingerprint density at radius 1 is 0.861 bits per heavy atom. The fourth-order valence-corrected chi connectivity index (χ4v) is 5.31. The monoisotopic (exact) mass is 525 g/mol. The van der Waals surface area contributed by atoms with E-state index in [2.05, 4.69) is 5.32 Å². The first-order valence-corrected chi connectivity index (χ1v) is 12.2. The molecule has 3 aromatic rings. The van der Waals surface area contributed by atoms with Crippen molar-refractivity contribution < 1.29 is 35.2 Å². The second kappa shape index (κ2) is 9.86. The molecule has 3 aromatic carbocycles. The topological polar surface area (TPSA) is 69.7 Å². The maximum Gasteiger partial charge on any atom is 0.416 e. The molecule has 0 saturated carbocycles. The van der Waals surface area contributed by atoms with Gasteiger partial charge in [-0.15, -0.1) is 0 Å². The zero-order chi connectivity index (χ0) is 26.1. The number of nitrogens with zero attached hydrogens (tertiary/aromatic N) is 2. The molecule has 0 aromatic heterocycles. The van der Waals surface area contributed by atoms with E-state index >= 15 is 0 Å². The molecule has 1 amide bonds. The van der Waals surface area contributed by atoms with E-state index < -0.39 is 44.2 Å². The van der Waals surface area contributed by atoms with Crippen LogP contribution in [0.2, 0.25) is 0 Å². The highest BCUT2D eigenvalue weighted by Crippen LogP contribution is 2.31. The van der Waals surface area contributed by atoms with Gasteiger partial charge in [0.25, 0.3) is 5.91 Å². The van der Waals surface area contributed by atoms with Gasteiger partial charge in [0.05, 0.1) is 5.56 Å². The van der Waals surface area contributed by atoms with Crippen LogP contribution in [0.3, 0.4) is 0 Å². The SMILES string of the molecule is O=C(Nc1cccc(C(F)(F)F)c1)c1ccc(F)c(S(=O)(=O)N2CCN(c3ccc(F)cc3)CC2)c1. The van der Waals surface area contributed by atoms with Crippen molar-refractivity contribution in [1.82, 2.24) is 4.31 Å². The number of carbonyl (C=O) groups excluding carboxylic acids is 1. The van der Waals surface area contributed by atoms with Crippen molar-refractivity contribution in [3.63, 3.8) is 0 Å². The number of benzene rings is 3. The normalized spacial score (nSPS) is 15.1. The number of hydrogen-bond acceptors (Lipinski definition) is 4. The Balaban J connectivity index is 1.50. The Hall–Kier alpha value is -3.51. The van der Waals surface area contributed by atoms with Crippen molar-refractivity contribution in [2.45, 2.75) is 11.1 Å². The van der Waals surface area contributed by atoms with Gasteiger partial charge in [0.1, 0.15) is 16.5 Å². The van der Waals surface area contributed by atoms with Crippen molar-refractivity contribution in [1.29, 1.82) is 0 Å². The van der Waals surface area contributed by atoms with Crippen LogP contribution in [-0.4, -0.2) is 44.8 Å². The summed E-state index contributed by atoms with van der Waals surface area (Å²) in [4.78, 5) is 13.8. The van der Waals surface area contributed by atoms with Crippen LogP contribution in [0.25, 0.3) is 0 Å². The number of sulfonamides is 1. The van der Waals surface area contributed by atoms with Crippen molar-refractivity contribution in [3.05, 3.63) is 89.5 Å². The highest BCUT2D eigenvalue weighted by Gasteiger charge is 2.32. The minimum absolute atomic E-state index is 0.0276. The van der Waals surface area contributed by atoms with Crippen LogP contribution in [-0.2, 0) is 16.2 Å². The number of amides is 1. The van der Waals surface area contributed by atoms with Crippen molar-refractivity contribution in [3.8, 4) is 0 Å². The second-order valence-electron chi connectivity index (χ2n) is 8.05. The maximum absolute atomic E-state index is 14.6. The molecular weight excluding hydrogens is 505 g/mol. The van der Waals surface area contributed by atoms with Crippen molar-refractivity contribution in [2.75, 3.05) is 36.4 Å². The minimum atomic E-state index is -4.61. The summed E-state index contributed by atoms with van der Waals surface area (Å²) in [7, 11) is -4.32. The van der Waals surface area contributed by atoms with Gasteiger partial charge in [0, 0.05) is 43.1 Å². The fraction of sp³-hybridized carbons (Fsp3) is 0.208. The lowest BCUT2D eigenvalue weighted by atomic mass is 10.1. The Morgan fingerprint density at radius 2 is 1.53 bits per heavy atom. The van der Waals surface area contributed by atoms with Crippen molar-refractivity contribution in [2.24, 2.45) is 0 Å². The van der Waals surface area contributed by atoms with Crippen LogP contribution in [0.1, 0.15) is 15.9 Å². The Labute approximate surface area is 204 Å². The number of piperazine rings is 1. The zero-order valence-electron chi connectivity index (χ0n) is 18.6. The number of anilines is 2. The lowest BCUT2D eigenvalue weighted by molar-refractivity contribution is -0.137. The van der Waals surface area contributed by atoms with Gasteiger partial charge in [-0.2, -0.15) is 17.5 Å². The van der Waals surface area contributed by atoms with Gasteiger partial charge in [0.2, 0.25) is 10.0 Å². The number of alkyl halides is 3. The Morgan fingerprint density at radius 3 is 2.17 bits per heavy atom. The number of halogens is 5. The van der Waals surface area contributed by atoms with Gasteiger partial charge in [-0.05, 0) is 60.7 Å². The molecule has 36 heavy (non-hydrogen) atoms. The summed E-state index contributed by atoms with van der Waals surface area (Å²) in [6.45, 7) is 0.615. The highest BCUT2D eigenvalue weighted by atomic mass is 32.2. The summed E-state index contributed by atoms with van der Waals surface area (Å²) in [6, 6.07) is 12.4. The first kappa shape index (κ1) is 25.6. The molecule has 12 heteroatoms. The third-order valence-corrected chi connectivity index (χ3v) is 7.60. The quantitative estimate of drug-likeness (QED) is 0.489. The average Bonchev–Trinajstić information content (AvgIpc) is 2.84. The zero-order valence-corrected chi connectivity index (χ0v) is 19.4. The largest absolute Gasteiger partial charge is 0.416 e. The summed E-state index contributed by atoms with van der Waals surface area (Å²) in [5.74, 6) is -2.36. The third kappa shape index (κ3) is 5.49. The first-order chi connectivity index (χ1) is 16.9. The molecule has 1 N–H and O–H groups in total. The van der Waals surface area contributed by atoms with Gasteiger partial charge < -0.3 is 10.2 Å². The van der Waals surface area contributed by atoms with Gasteiger partial charge in [-0.1, -0.05) is 6.07 Å². The molecule has 1 heterocycles. The smallest absolute Gasteiger partial charge is 0.369 e. The molecule has 0 atom stereocenters. The molecule has 6 nitrogen and oxygen atoms in total. The molecule has 0 spiro atoms. The second-order valence-corrected chi connectivity index (χ2v) is 9.95. The standard InChI is InChI=1S/C24H20F5N3O3S/c25-18-5-7-20(8-6-18)31-10-12-32(13-11-31)36(34,35)22-14-16(4-9-21(22)26)23(33)30-19-3-1-2-17(15-19)24(27,28)29/h1-9,14-15H,10-13H2,(H,30,33).